The first kappa shape index (κ1) is 42.6. The summed E-state index contributed by atoms with van der Waals surface area (Å²) in [7, 11) is 0. The molecule has 0 heterocycles. The molecule has 4 heteroatoms. The van der Waals surface area contributed by atoms with Crippen LogP contribution in [0.3, 0.4) is 0 Å². The average Bonchev–Trinajstić information content (AvgIpc) is 3.03. The van der Waals surface area contributed by atoms with E-state index in [1.54, 1.807) is 6.08 Å². The number of aliphatic hydroxyl groups excluding tert-OH is 2. The molecule has 0 saturated heterocycles. The summed E-state index contributed by atoms with van der Waals surface area (Å²) in [6.45, 7) is 4.22. The average molecular weight is 618 g/mol. The van der Waals surface area contributed by atoms with Crippen LogP contribution in [-0.4, -0.2) is 34.9 Å². The fourth-order valence-electron chi connectivity index (χ4n) is 5.62. The van der Waals surface area contributed by atoms with Gasteiger partial charge in [0.2, 0.25) is 5.91 Å². The van der Waals surface area contributed by atoms with Crippen LogP contribution in [0.25, 0.3) is 0 Å². The van der Waals surface area contributed by atoms with Crippen molar-refractivity contribution in [1.29, 1.82) is 0 Å². The van der Waals surface area contributed by atoms with Gasteiger partial charge in [0.1, 0.15) is 0 Å². The molecule has 0 aromatic rings. The second kappa shape index (κ2) is 36.1. The van der Waals surface area contributed by atoms with Crippen LogP contribution in [-0.2, 0) is 4.79 Å². The second-order valence-corrected chi connectivity index (χ2v) is 13.0. The molecule has 0 aliphatic carbocycles. The number of aliphatic hydroxyl groups is 2. The summed E-state index contributed by atoms with van der Waals surface area (Å²) >= 11 is 0. The maximum absolute atomic E-state index is 12.1. The molecule has 0 fully saturated rings. The van der Waals surface area contributed by atoms with E-state index in [1.807, 2.05) is 6.08 Å². The topological polar surface area (TPSA) is 69.6 Å². The third kappa shape index (κ3) is 32.0. The Bertz CT molecular complexity index is 672. The largest absolute Gasteiger partial charge is 0.394 e. The van der Waals surface area contributed by atoms with E-state index in [4.69, 9.17) is 0 Å². The summed E-state index contributed by atoms with van der Waals surface area (Å²) in [6, 6.07) is -0.639. The van der Waals surface area contributed by atoms with Crippen molar-refractivity contribution in [2.75, 3.05) is 6.61 Å². The predicted octanol–water partition coefficient (Wildman–Crippen LogP) is 11.5. The van der Waals surface area contributed by atoms with Crippen LogP contribution in [0.2, 0.25) is 0 Å². The molecule has 3 N–H and O–H groups in total. The van der Waals surface area contributed by atoms with Gasteiger partial charge in [0.15, 0.2) is 0 Å². The predicted molar refractivity (Wildman–Crippen MR) is 193 cm³/mol. The molecule has 0 bridgehead atoms. The first-order valence-electron chi connectivity index (χ1n) is 19.2. The Balaban J connectivity index is 3.56. The molecule has 0 rings (SSSR count). The summed E-state index contributed by atoms with van der Waals surface area (Å²) in [6.07, 6.45) is 47.0. The summed E-state index contributed by atoms with van der Waals surface area (Å²) in [5.41, 5.74) is 0. The lowest BCUT2D eigenvalue weighted by Gasteiger charge is -2.19. The minimum atomic E-state index is -0.864. The lowest BCUT2D eigenvalue weighted by molar-refractivity contribution is -0.123. The van der Waals surface area contributed by atoms with Crippen LogP contribution >= 0.6 is 0 Å². The molecule has 4 nitrogen and oxygen atoms in total. The van der Waals surface area contributed by atoms with E-state index in [1.165, 1.54) is 135 Å². The van der Waals surface area contributed by atoms with Gasteiger partial charge in [-0.2, -0.15) is 0 Å². The third-order valence-corrected chi connectivity index (χ3v) is 8.60. The number of hydrogen-bond donors (Lipinski definition) is 3. The summed E-state index contributed by atoms with van der Waals surface area (Å²) in [4.78, 5) is 12.1. The number of unbranched alkanes of at least 4 members (excludes halogenated alkanes) is 23. The van der Waals surface area contributed by atoms with Crippen LogP contribution in [0, 0.1) is 0 Å². The number of amides is 1. The normalized spacial score (nSPS) is 13.5. The fourth-order valence-corrected chi connectivity index (χ4v) is 5.62. The second-order valence-electron chi connectivity index (χ2n) is 13.0. The van der Waals surface area contributed by atoms with Crippen LogP contribution < -0.4 is 5.32 Å². The van der Waals surface area contributed by atoms with E-state index >= 15 is 0 Å². The van der Waals surface area contributed by atoms with Crippen LogP contribution in [0.5, 0.6) is 0 Å². The third-order valence-electron chi connectivity index (χ3n) is 8.60. The Labute approximate surface area is 274 Å². The number of carbonyl (C=O) groups is 1. The van der Waals surface area contributed by atoms with Gasteiger partial charge < -0.3 is 15.5 Å². The van der Waals surface area contributed by atoms with Crippen molar-refractivity contribution < 1.29 is 15.0 Å². The number of nitrogens with one attached hydrogen (secondary N) is 1. The number of carbonyl (C=O) groups excluding carboxylic acids is 1. The lowest BCUT2D eigenvalue weighted by atomic mass is 10.0. The molecule has 258 valence electrons. The molecular weight excluding hydrogens is 542 g/mol. The zero-order valence-electron chi connectivity index (χ0n) is 29.4. The molecule has 44 heavy (non-hydrogen) atoms. The lowest BCUT2D eigenvalue weighted by Crippen LogP contribution is -2.45. The number of rotatable bonds is 34. The highest BCUT2D eigenvalue weighted by molar-refractivity contribution is 5.76. The standard InChI is InChI=1S/C40H75NO3/c1-3-5-7-9-11-12-13-14-15-16-17-18-19-20-21-22-23-24-25-26-27-28-29-30-31-33-35-39(43)38(37-42)41-40(44)36-34-32-10-8-6-4-2/h24-25,28-29,33,35,38-39,42-43H,3-23,26-27,30-32,34,36-37H2,1-2H3,(H,41,44)/b25-24+,29-28+,35-33+. The van der Waals surface area contributed by atoms with Gasteiger partial charge in [0.05, 0.1) is 18.8 Å². The molecule has 0 spiro atoms. The molecule has 0 saturated carbocycles. The van der Waals surface area contributed by atoms with Gasteiger partial charge in [-0.25, -0.2) is 0 Å². The quantitative estimate of drug-likeness (QED) is 0.0497. The molecule has 2 atom stereocenters. The van der Waals surface area contributed by atoms with Crippen LogP contribution in [0.1, 0.15) is 194 Å². The van der Waals surface area contributed by atoms with Gasteiger partial charge in [-0.1, -0.05) is 179 Å². The maximum atomic E-state index is 12.1. The Morgan fingerprint density at radius 2 is 0.886 bits per heavy atom. The van der Waals surface area contributed by atoms with Gasteiger partial charge in [0.25, 0.3) is 0 Å². The minimum Gasteiger partial charge on any atom is -0.394 e. The molecule has 0 aromatic carbocycles. The van der Waals surface area contributed by atoms with Crippen molar-refractivity contribution in [3.8, 4) is 0 Å². The Kier molecular flexibility index (Phi) is 34.9. The Morgan fingerprint density at radius 3 is 1.32 bits per heavy atom. The summed E-state index contributed by atoms with van der Waals surface area (Å²) in [5, 5.41) is 22.7. The van der Waals surface area contributed by atoms with Gasteiger partial charge in [0, 0.05) is 6.42 Å². The smallest absolute Gasteiger partial charge is 0.220 e. The maximum Gasteiger partial charge on any atom is 0.220 e. The monoisotopic (exact) mass is 618 g/mol. The highest BCUT2D eigenvalue weighted by Gasteiger charge is 2.17. The minimum absolute atomic E-state index is 0.0889. The van der Waals surface area contributed by atoms with Crippen molar-refractivity contribution in [1.82, 2.24) is 5.32 Å². The Hall–Kier alpha value is -1.39. The summed E-state index contributed by atoms with van der Waals surface area (Å²) in [5.74, 6) is -0.0889. The van der Waals surface area contributed by atoms with Gasteiger partial charge in [-0.05, 0) is 44.9 Å². The fraction of sp³-hybridized carbons (Fsp3) is 0.825. The zero-order valence-corrected chi connectivity index (χ0v) is 29.4. The Morgan fingerprint density at radius 1 is 0.523 bits per heavy atom. The van der Waals surface area contributed by atoms with Crippen molar-refractivity contribution in [2.24, 2.45) is 0 Å². The molecule has 0 aromatic heterocycles. The molecule has 1 amide bonds. The highest BCUT2D eigenvalue weighted by Crippen LogP contribution is 2.14. The van der Waals surface area contributed by atoms with Crippen molar-refractivity contribution >= 4 is 5.91 Å². The van der Waals surface area contributed by atoms with E-state index in [0.717, 1.165) is 38.5 Å². The van der Waals surface area contributed by atoms with Crippen molar-refractivity contribution in [2.45, 2.75) is 206 Å². The first-order valence-corrected chi connectivity index (χ1v) is 19.2. The van der Waals surface area contributed by atoms with Gasteiger partial charge >= 0.3 is 0 Å². The number of allylic oxidation sites excluding steroid dienone is 5. The summed E-state index contributed by atoms with van der Waals surface area (Å²) < 4.78 is 0. The van der Waals surface area contributed by atoms with Crippen molar-refractivity contribution in [3.05, 3.63) is 36.5 Å². The molecule has 0 aliphatic heterocycles. The van der Waals surface area contributed by atoms with E-state index in [-0.39, 0.29) is 12.5 Å². The van der Waals surface area contributed by atoms with Crippen molar-refractivity contribution in [3.63, 3.8) is 0 Å². The number of hydrogen-bond acceptors (Lipinski definition) is 3. The zero-order chi connectivity index (χ0) is 32.2. The highest BCUT2D eigenvalue weighted by atomic mass is 16.3. The SMILES string of the molecule is CCCCCCCCCCCCCCCCCC/C=C/CC/C=C/CC/C=C/C(O)C(CO)NC(=O)CCCCCCCC. The first-order chi connectivity index (χ1) is 21.7. The van der Waals surface area contributed by atoms with E-state index in [0.29, 0.717) is 6.42 Å². The molecule has 0 aliphatic rings. The van der Waals surface area contributed by atoms with Gasteiger partial charge in [-0.3, -0.25) is 4.79 Å². The van der Waals surface area contributed by atoms with Crippen LogP contribution in [0.15, 0.2) is 36.5 Å². The molecular formula is C40H75NO3. The van der Waals surface area contributed by atoms with Gasteiger partial charge in [-0.15, -0.1) is 0 Å². The van der Waals surface area contributed by atoms with E-state index < -0.39 is 12.1 Å². The van der Waals surface area contributed by atoms with Crippen LogP contribution in [0.4, 0.5) is 0 Å². The van der Waals surface area contributed by atoms with E-state index in [2.05, 4.69) is 43.5 Å². The molecule has 2 unspecified atom stereocenters. The van der Waals surface area contributed by atoms with E-state index in [9.17, 15) is 15.0 Å². The molecule has 0 radical (unpaired) electrons.